The molecule has 1 aromatic carbocycles. The molecular formula is C15H19N3. The van der Waals surface area contributed by atoms with E-state index < -0.39 is 0 Å². The molecule has 0 aliphatic heterocycles. The Bertz CT molecular complexity index is 542. The Labute approximate surface area is 107 Å². The van der Waals surface area contributed by atoms with Gasteiger partial charge in [0.1, 0.15) is 0 Å². The van der Waals surface area contributed by atoms with Crippen LogP contribution < -0.4 is 5.73 Å². The van der Waals surface area contributed by atoms with Crippen LogP contribution in [-0.2, 0) is 0 Å². The van der Waals surface area contributed by atoms with Crippen LogP contribution in [0.5, 0.6) is 0 Å². The summed E-state index contributed by atoms with van der Waals surface area (Å²) in [6.07, 6.45) is 0. The summed E-state index contributed by atoms with van der Waals surface area (Å²) in [5.74, 6) is 1.09. The van der Waals surface area contributed by atoms with E-state index in [0.717, 1.165) is 17.8 Å². The molecular weight excluding hydrogens is 222 g/mol. The van der Waals surface area contributed by atoms with Crippen molar-refractivity contribution in [3.8, 4) is 11.3 Å². The third-order valence-electron chi connectivity index (χ3n) is 4.31. The first-order valence-electron chi connectivity index (χ1n) is 6.45. The van der Waals surface area contributed by atoms with Crippen molar-refractivity contribution in [1.82, 2.24) is 10.2 Å². The molecule has 0 unspecified atom stereocenters. The molecule has 3 nitrogen and oxygen atoms in total. The van der Waals surface area contributed by atoms with Gasteiger partial charge in [-0.05, 0) is 23.9 Å². The number of H-pyrrole nitrogens is 1. The van der Waals surface area contributed by atoms with E-state index in [1.807, 2.05) is 18.2 Å². The van der Waals surface area contributed by atoms with Gasteiger partial charge in [-0.1, -0.05) is 44.2 Å². The van der Waals surface area contributed by atoms with Crippen LogP contribution in [0.25, 0.3) is 11.3 Å². The Kier molecular flexibility index (Phi) is 2.52. The summed E-state index contributed by atoms with van der Waals surface area (Å²) in [5.41, 5.74) is 9.51. The molecule has 0 radical (unpaired) electrons. The Morgan fingerprint density at radius 2 is 2.00 bits per heavy atom. The van der Waals surface area contributed by atoms with E-state index in [2.05, 4.69) is 42.2 Å². The maximum Gasteiger partial charge on any atom is 0.0923 e. The summed E-state index contributed by atoms with van der Waals surface area (Å²) < 4.78 is 0. The van der Waals surface area contributed by atoms with Gasteiger partial charge >= 0.3 is 0 Å². The van der Waals surface area contributed by atoms with E-state index in [-0.39, 0.29) is 0 Å². The maximum atomic E-state index is 5.82. The fraction of sp³-hybridized carbons (Fsp3) is 0.400. The van der Waals surface area contributed by atoms with Crippen LogP contribution in [-0.4, -0.2) is 16.7 Å². The van der Waals surface area contributed by atoms with Crippen LogP contribution in [0.15, 0.2) is 36.4 Å². The zero-order chi connectivity index (χ0) is 12.8. The molecule has 18 heavy (non-hydrogen) atoms. The molecule has 3 rings (SSSR count). The number of hydrogen-bond acceptors (Lipinski definition) is 2. The highest BCUT2D eigenvalue weighted by atomic mass is 15.1. The number of benzene rings is 1. The van der Waals surface area contributed by atoms with Gasteiger partial charge in [0, 0.05) is 17.2 Å². The zero-order valence-electron chi connectivity index (χ0n) is 10.9. The molecule has 1 aromatic heterocycles. The van der Waals surface area contributed by atoms with Crippen molar-refractivity contribution >= 4 is 0 Å². The monoisotopic (exact) mass is 241 g/mol. The van der Waals surface area contributed by atoms with Crippen molar-refractivity contribution in [2.75, 3.05) is 6.54 Å². The van der Waals surface area contributed by atoms with Crippen LogP contribution >= 0.6 is 0 Å². The second-order valence-corrected chi connectivity index (χ2v) is 5.72. The first kappa shape index (κ1) is 11.5. The summed E-state index contributed by atoms with van der Waals surface area (Å²) >= 11 is 0. The summed E-state index contributed by atoms with van der Waals surface area (Å²) in [6, 6.07) is 12.4. The second kappa shape index (κ2) is 3.95. The van der Waals surface area contributed by atoms with Crippen LogP contribution in [0.1, 0.15) is 25.5 Å². The van der Waals surface area contributed by atoms with E-state index in [1.165, 1.54) is 5.69 Å². The van der Waals surface area contributed by atoms with E-state index in [0.29, 0.717) is 17.3 Å². The molecule has 0 amide bonds. The lowest BCUT2D eigenvalue weighted by molar-refractivity contribution is 0.557. The van der Waals surface area contributed by atoms with Gasteiger partial charge in [-0.15, -0.1) is 0 Å². The fourth-order valence-corrected chi connectivity index (χ4v) is 3.05. The molecule has 0 saturated heterocycles. The molecule has 0 bridgehead atoms. The number of hydrogen-bond donors (Lipinski definition) is 2. The van der Waals surface area contributed by atoms with E-state index in [4.69, 9.17) is 5.73 Å². The first-order chi connectivity index (χ1) is 8.64. The lowest BCUT2D eigenvalue weighted by Crippen LogP contribution is -2.05. The third-order valence-corrected chi connectivity index (χ3v) is 4.31. The number of nitrogens with two attached hydrogens (primary N) is 1. The van der Waals surface area contributed by atoms with Crippen molar-refractivity contribution in [2.24, 2.45) is 17.1 Å². The van der Waals surface area contributed by atoms with Crippen LogP contribution in [0.4, 0.5) is 0 Å². The van der Waals surface area contributed by atoms with Gasteiger partial charge in [-0.3, -0.25) is 5.10 Å². The van der Waals surface area contributed by atoms with Crippen LogP contribution in [0.2, 0.25) is 0 Å². The quantitative estimate of drug-likeness (QED) is 0.868. The van der Waals surface area contributed by atoms with E-state index >= 15 is 0 Å². The maximum absolute atomic E-state index is 5.82. The van der Waals surface area contributed by atoms with E-state index in [1.54, 1.807) is 0 Å². The zero-order valence-corrected chi connectivity index (χ0v) is 10.9. The topological polar surface area (TPSA) is 54.7 Å². The minimum absolute atomic E-state index is 0.301. The minimum atomic E-state index is 0.301. The largest absolute Gasteiger partial charge is 0.330 e. The predicted octanol–water partition coefficient (Wildman–Crippen LogP) is 2.78. The van der Waals surface area contributed by atoms with Gasteiger partial charge in [0.2, 0.25) is 0 Å². The minimum Gasteiger partial charge on any atom is -0.330 e. The summed E-state index contributed by atoms with van der Waals surface area (Å²) in [4.78, 5) is 0. The SMILES string of the molecule is CC1(C)[C@@H](CN)[C@@H]1c1cc(-c2ccccc2)n[nH]1. The van der Waals surface area contributed by atoms with Crippen LogP contribution in [0.3, 0.4) is 0 Å². The Balaban J connectivity index is 1.88. The highest BCUT2D eigenvalue weighted by Crippen LogP contribution is 2.63. The average molecular weight is 241 g/mol. The van der Waals surface area contributed by atoms with Crippen LogP contribution in [0, 0.1) is 11.3 Å². The lowest BCUT2D eigenvalue weighted by atomic mass is 10.1. The van der Waals surface area contributed by atoms with Gasteiger partial charge in [-0.25, -0.2) is 0 Å². The number of rotatable bonds is 3. The Morgan fingerprint density at radius 1 is 1.28 bits per heavy atom. The molecule has 1 fully saturated rings. The number of aromatic amines is 1. The van der Waals surface area contributed by atoms with Crippen molar-refractivity contribution in [3.05, 3.63) is 42.1 Å². The number of aromatic nitrogens is 2. The fourth-order valence-electron chi connectivity index (χ4n) is 3.05. The highest BCUT2D eigenvalue weighted by molar-refractivity contribution is 5.59. The number of nitrogens with zero attached hydrogens (tertiary/aromatic N) is 1. The summed E-state index contributed by atoms with van der Waals surface area (Å²) in [7, 11) is 0. The van der Waals surface area contributed by atoms with Gasteiger partial charge in [0.25, 0.3) is 0 Å². The molecule has 0 spiro atoms. The summed E-state index contributed by atoms with van der Waals surface area (Å²) in [5, 5.41) is 7.60. The normalized spacial score (nSPS) is 25.1. The van der Waals surface area contributed by atoms with Crippen molar-refractivity contribution in [2.45, 2.75) is 19.8 Å². The summed E-state index contributed by atoms with van der Waals surface area (Å²) in [6.45, 7) is 5.30. The predicted molar refractivity (Wildman–Crippen MR) is 73.1 cm³/mol. The molecule has 3 heteroatoms. The molecule has 2 atom stereocenters. The third kappa shape index (κ3) is 1.66. The van der Waals surface area contributed by atoms with Gasteiger partial charge in [-0.2, -0.15) is 5.10 Å². The van der Waals surface area contributed by atoms with Crippen molar-refractivity contribution in [1.29, 1.82) is 0 Å². The molecule has 1 aliphatic rings. The Hall–Kier alpha value is -1.61. The lowest BCUT2D eigenvalue weighted by Gasteiger charge is -1.98. The highest BCUT2D eigenvalue weighted by Gasteiger charge is 2.58. The molecule has 1 aliphatic carbocycles. The van der Waals surface area contributed by atoms with Gasteiger partial charge in [0.15, 0.2) is 0 Å². The first-order valence-corrected chi connectivity index (χ1v) is 6.45. The van der Waals surface area contributed by atoms with Gasteiger partial charge < -0.3 is 5.73 Å². The molecule has 3 N–H and O–H groups in total. The molecule has 94 valence electrons. The average Bonchev–Trinajstić information content (AvgIpc) is 2.77. The standard InChI is InChI=1S/C15H19N3/c1-15(2)11(9-16)14(15)13-8-12(17-18-13)10-6-4-3-5-7-10/h3-8,11,14H,9,16H2,1-2H3,(H,17,18)/t11-,14+/m0/s1. The molecule has 1 saturated carbocycles. The second-order valence-electron chi connectivity index (χ2n) is 5.72. The van der Waals surface area contributed by atoms with Crippen molar-refractivity contribution < 1.29 is 0 Å². The van der Waals surface area contributed by atoms with Crippen molar-refractivity contribution in [3.63, 3.8) is 0 Å². The smallest absolute Gasteiger partial charge is 0.0923 e. The van der Waals surface area contributed by atoms with E-state index in [9.17, 15) is 0 Å². The molecule has 1 heterocycles. The molecule has 2 aromatic rings. The van der Waals surface area contributed by atoms with Gasteiger partial charge in [0.05, 0.1) is 5.69 Å². The Morgan fingerprint density at radius 3 is 2.61 bits per heavy atom. The number of nitrogens with one attached hydrogen (secondary N) is 1.